The van der Waals surface area contributed by atoms with Gasteiger partial charge >= 0.3 is 0 Å². The van der Waals surface area contributed by atoms with Gasteiger partial charge in [-0.1, -0.05) is 0 Å². The van der Waals surface area contributed by atoms with E-state index < -0.39 is 17.7 Å². The molecule has 1 amide bonds. The molecule has 2 aliphatic heterocycles. The van der Waals surface area contributed by atoms with Gasteiger partial charge in [0, 0.05) is 30.6 Å². The zero-order chi connectivity index (χ0) is 24.6. The van der Waals surface area contributed by atoms with Crippen LogP contribution in [0.25, 0.3) is 5.76 Å². The van der Waals surface area contributed by atoms with Crippen LogP contribution >= 0.6 is 0 Å². The molecule has 2 aromatic carbocycles. The molecule has 8 heteroatoms. The van der Waals surface area contributed by atoms with Crippen LogP contribution in [0.5, 0.6) is 17.2 Å². The number of aliphatic hydroxyl groups is 1. The third-order valence-corrected chi connectivity index (χ3v) is 6.23. The van der Waals surface area contributed by atoms with Crippen LogP contribution in [0.3, 0.4) is 0 Å². The lowest BCUT2D eigenvalue weighted by Gasteiger charge is -2.28. The maximum Gasteiger partial charge on any atom is 0.295 e. The second kappa shape index (κ2) is 9.38. The molecule has 0 bridgehead atoms. The Labute approximate surface area is 199 Å². The van der Waals surface area contributed by atoms with E-state index in [2.05, 4.69) is 0 Å². The van der Waals surface area contributed by atoms with Crippen LogP contribution in [0, 0.1) is 0 Å². The Balaban J connectivity index is 1.88. The third-order valence-electron chi connectivity index (χ3n) is 6.23. The van der Waals surface area contributed by atoms with Gasteiger partial charge in [0.05, 0.1) is 25.8 Å². The molecule has 2 aromatic rings. The molecule has 1 saturated heterocycles. The number of ketones is 1. The molecule has 2 aliphatic rings. The molecule has 0 aliphatic carbocycles. The number of benzene rings is 2. The van der Waals surface area contributed by atoms with E-state index in [0.29, 0.717) is 42.1 Å². The Morgan fingerprint density at radius 1 is 1.15 bits per heavy atom. The van der Waals surface area contributed by atoms with Crippen molar-refractivity contribution in [2.24, 2.45) is 0 Å². The van der Waals surface area contributed by atoms with Crippen molar-refractivity contribution in [3.05, 3.63) is 58.7 Å². The van der Waals surface area contributed by atoms with Crippen LogP contribution in [0.15, 0.2) is 42.0 Å². The molecule has 0 radical (unpaired) electrons. The Morgan fingerprint density at radius 2 is 1.91 bits per heavy atom. The number of Topliss-reactive ketones (excluding diaryl/α,β-unsaturated/α-hetero) is 1. The number of hydrogen-bond donors (Lipinski definition) is 1. The van der Waals surface area contributed by atoms with E-state index in [9.17, 15) is 14.7 Å². The number of methoxy groups -OCH3 is 2. The largest absolute Gasteiger partial charge is 0.507 e. The van der Waals surface area contributed by atoms with Gasteiger partial charge in [-0.2, -0.15) is 0 Å². The molecule has 2 unspecified atom stereocenters. The molecule has 2 atom stereocenters. The minimum atomic E-state index is -0.826. The highest BCUT2D eigenvalue weighted by Crippen LogP contribution is 2.44. The van der Waals surface area contributed by atoms with Gasteiger partial charge in [0.25, 0.3) is 11.7 Å². The lowest BCUT2D eigenvalue weighted by atomic mass is 9.93. The monoisotopic (exact) mass is 466 g/mol. The third kappa shape index (κ3) is 4.21. The van der Waals surface area contributed by atoms with Gasteiger partial charge in [0.2, 0.25) is 0 Å². The zero-order valence-corrected chi connectivity index (χ0v) is 20.1. The molecule has 0 aromatic heterocycles. The maximum absolute atomic E-state index is 13.3. The first-order valence-corrected chi connectivity index (χ1v) is 11.2. The van der Waals surface area contributed by atoms with E-state index in [0.717, 1.165) is 11.3 Å². The highest BCUT2D eigenvalue weighted by molar-refractivity contribution is 6.46. The summed E-state index contributed by atoms with van der Waals surface area (Å²) < 4.78 is 16.7. The van der Waals surface area contributed by atoms with E-state index in [1.165, 1.54) is 12.0 Å². The summed E-state index contributed by atoms with van der Waals surface area (Å²) in [5.41, 5.74) is 2.02. The van der Waals surface area contributed by atoms with E-state index in [1.54, 1.807) is 37.4 Å². The highest BCUT2D eigenvalue weighted by atomic mass is 16.5. The summed E-state index contributed by atoms with van der Waals surface area (Å²) >= 11 is 0. The normalized spacial score (nSPS) is 21.1. The number of rotatable bonds is 7. The number of likely N-dealkylation sites (N-methyl/N-ethyl adjacent to an activating group) is 1. The number of likely N-dealkylation sites (tertiary alicyclic amines) is 1. The van der Waals surface area contributed by atoms with Crippen molar-refractivity contribution < 1.29 is 28.9 Å². The summed E-state index contributed by atoms with van der Waals surface area (Å²) in [6, 6.07) is 9.71. The topological polar surface area (TPSA) is 88.5 Å². The van der Waals surface area contributed by atoms with Crippen molar-refractivity contribution in [3.8, 4) is 17.2 Å². The quantitative estimate of drug-likeness (QED) is 0.381. The molecule has 1 N–H and O–H groups in total. The number of nitrogens with zero attached hydrogens (tertiary/aromatic N) is 2. The van der Waals surface area contributed by atoms with E-state index >= 15 is 0 Å². The summed E-state index contributed by atoms with van der Waals surface area (Å²) in [5, 5.41) is 11.4. The molecule has 2 heterocycles. The molecule has 0 spiro atoms. The molecule has 1 fully saturated rings. The number of ether oxygens (including phenoxy) is 3. The minimum Gasteiger partial charge on any atom is -0.507 e. The second-order valence-corrected chi connectivity index (χ2v) is 8.86. The second-order valence-electron chi connectivity index (χ2n) is 8.86. The number of carbonyl (C=O) groups is 2. The zero-order valence-electron chi connectivity index (χ0n) is 20.1. The van der Waals surface area contributed by atoms with Gasteiger partial charge in [-0.3, -0.25) is 9.59 Å². The predicted molar refractivity (Wildman–Crippen MR) is 127 cm³/mol. The van der Waals surface area contributed by atoms with E-state index in [1.807, 2.05) is 32.0 Å². The number of amides is 1. The average molecular weight is 467 g/mol. The van der Waals surface area contributed by atoms with Crippen molar-refractivity contribution in [1.29, 1.82) is 0 Å². The summed E-state index contributed by atoms with van der Waals surface area (Å²) in [7, 11) is 6.86. The smallest absolute Gasteiger partial charge is 0.295 e. The van der Waals surface area contributed by atoms with Gasteiger partial charge in [0.1, 0.15) is 29.1 Å². The van der Waals surface area contributed by atoms with E-state index in [-0.39, 0.29) is 17.4 Å². The lowest BCUT2D eigenvalue weighted by molar-refractivity contribution is -0.140. The number of aliphatic hydroxyl groups excluding tert-OH is 1. The van der Waals surface area contributed by atoms with Crippen LogP contribution in [-0.2, 0) is 16.0 Å². The SMILES string of the molecule is COc1ccc(OC)c(C2C(=C(O)c3ccc4c(c3)CC(C)O4)C(=O)C(=O)N2CCN(C)C)c1. The summed E-state index contributed by atoms with van der Waals surface area (Å²) in [5.74, 6) is 0.208. The molecule has 34 heavy (non-hydrogen) atoms. The average Bonchev–Trinajstić information content (AvgIpc) is 3.32. The van der Waals surface area contributed by atoms with Gasteiger partial charge in [-0.05, 0) is 63.0 Å². The highest BCUT2D eigenvalue weighted by Gasteiger charge is 2.47. The Kier molecular flexibility index (Phi) is 6.52. The summed E-state index contributed by atoms with van der Waals surface area (Å²) in [6.07, 6.45) is 0.755. The number of fused-ring (bicyclic) bond motifs is 1. The van der Waals surface area contributed by atoms with Crippen LogP contribution in [0.1, 0.15) is 29.7 Å². The van der Waals surface area contributed by atoms with Gasteiger partial charge < -0.3 is 29.1 Å². The number of hydrogen-bond acceptors (Lipinski definition) is 7. The Bertz CT molecular complexity index is 1160. The summed E-state index contributed by atoms with van der Waals surface area (Å²) in [4.78, 5) is 29.9. The van der Waals surface area contributed by atoms with Gasteiger partial charge in [0.15, 0.2) is 0 Å². The number of carbonyl (C=O) groups excluding carboxylic acids is 2. The van der Waals surface area contributed by atoms with Crippen LogP contribution < -0.4 is 14.2 Å². The van der Waals surface area contributed by atoms with Crippen molar-refractivity contribution >= 4 is 17.4 Å². The predicted octanol–water partition coefficient (Wildman–Crippen LogP) is 3.01. The first-order valence-electron chi connectivity index (χ1n) is 11.2. The molecular formula is C26H30N2O6. The van der Waals surface area contributed by atoms with Crippen molar-refractivity contribution in [2.75, 3.05) is 41.4 Å². The Hall–Kier alpha value is -3.52. The summed E-state index contributed by atoms with van der Waals surface area (Å²) in [6.45, 7) is 2.82. The van der Waals surface area contributed by atoms with Crippen LogP contribution in [-0.4, -0.2) is 74.1 Å². The molecule has 180 valence electrons. The molecule has 8 nitrogen and oxygen atoms in total. The van der Waals surface area contributed by atoms with E-state index in [4.69, 9.17) is 14.2 Å². The standard InChI is InChI=1S/C26H30N2O6/c1-15-12-17-13-16(6-8-20(17)34-15)24(29)22-23(19-14-18(32-4)7-9-21(19)33-5)28(11-10-27(2)3)26(31)25(22)30/h6-9,13-15,23,29H,10-12H2,1-5H3. The first kappa shape index (κ1) is 23.6. The van der Waals surface area contributed by atoms with Crippen LogP contribution in [0.4, 0.5) is 0 Å². The maximum atomic E-state index is 13.3. The van der Waals surface area contributed by atoms with Crippen molar-refractivity contribution in [1.82, 2.24) is 9.80 Å². The first-order chi connectivity index (χ1) is 16.2. The van der Waals surface area contributed by atoms with Crippen molar-refractivity contribution in [2.45, 2.75) is 25.5 Å². The fraction of sp³-hybridized carbons (Fsp3) is 0.385. The fourth-order valence-corrected chi connectivity index (χ4v) is 4.52. The fourth-order valence-electron chi connectivity index (χ4n) is 4.52. The van der Waals surface area contributed by atoms with Gasteiger partial charge in [-0.15, -0.1) is 0 Å². The molecule has 4 rings (SSSR count). The van der Waals surface area contributed by atoms with Crippen LogP contribution in [0.2, 0.25) is 0 Å². The minimum absolute atomic E-state index is 0.0298. The molecule has 0 saturated carbocycles. The van der Waals surface area contributed by atoms with Gasteiger partial charge in [-0.25, -0.2) is 0 Å². The molecular weight excluding hydrogens is 436 g/mol. The Morgan fingerprint density at radius 3 is 2.59 bits per heavy atom. The van der Waals surface area contributed by atoms with Crippen molar-refractivity contribution in [3.63, 3.8) is 0 Å². The lowest BCUT2D eigenvalue weighted by Crippen LogP contribution is -2.35.